The molecule has 2 aromatic rings. The van der Waals surface area contributed by atoms with Gasteiger partial charge in [0, 0.05) is 18.7 Å². The van der Waals surface area contributed by atoms with E-state index in [0.717, 1.165) is 56.0 Å². The molecular weight excluding hydrogens is 579 g/mol. The van der Waals surface area contributed by atoms with Crippen molar-refractivity contribution >= 4 is 17.9 Å². The van der Waals surface area contributed by atoms with E-state index >= 15 is 0 Å². The summed E-state index contributed by atoms with van der Waals surface area (Å²) in [5, 5.41) is 1.56. The Bertz CT molecular complexity index is 1330. The van der Waals surface area contributed by atoms with Crippen molar-refractivity contribution in [1.29, 1.82) is 0 Å². The highest BCUT2D eigenvalue weighted by Gasteiger charge is 2.43. The molecule has 1 N–H and O–H groups in total. The van der Waals surface area contributed by atoms with Gasteiger partial charge in [0.25, 0.3) is 5.91 Å². The number of carbonyl (C=O) groups is 2. The van der Waals surface area contributed by atoms with Crippen molar-refractivity contribution in [3.8, 4) is 0 Å². The molecule has 0 aromatic heterocycles. The molecule has 3 atom stereocenters. The number of amides is 2. The monoisotopic (exact) mass is 606 g/mol. The van der Waals surface area contributed by atoms with Crippen molar-refractivity contribution in [2.24, 2.45) is 5.92 Å². The maximum Gasteiger partial charge on any atom is 0.417 e. The molecular formula is C29H27F9N2O2. The van der Waals surface area contributed by atoms with Crippen LogP contribution in [0.1, 0.15) is 77.2 Å². The summed E-state index contributed by atoms with van der Waals surface area (Å²) in [5.41, 5.74) is -4.25. The average molecular weight is 607 g/mol. The number of nitrogens with zero attached hydrogens (tertiary/aromatic N) is 1. The summed E-state index contributed by atoms with van der Waals surface area (Å²) in [7, 11) is 0. The van der Waals surface area contributed by atoms with Gasteiger partial charge in [-0.2, -0.15) is 39.5 Å². The first-order chi connectivity index (χ1) is 19.6. The summed E-state index contributed by atoms with van der Waals surface area (Å²) >= 11 is 0. The van der Waals surface area contributed by atoms with Crippen molar-refractivity contribution in [3.05, 3.63) is 76.4 Å². The molecule has 13 heteroatoms. The predicted molar refractivity (Wildman–Crippen MR) is 135 cm³/mol. The molecule has 1 aliphatic heterocycles. The summed E-state index contributed by atoms with van der Waals surface area (Å²) in [6.07, 6.45) is -8.56. The standard InChI is InChI=1S/C29H27F9N2O2/c30-27(31,32)20-8-3-6-19(16-20)25(29(36,37)38)39-24(41)13-11-17-10-12-21(22(15-17)28(33,34)35)26(42)40-14-4-7-18-5-1-2-9-23(18)40/h3,6,8,10-13,15-16,18,23,25H,1-2,4-5,7,9,14H2,(H,39,41)/b13-11+. The van der Waals surface area contributed by atoms with Crippen LogP contribution in [0.4, 0.5) is 39.5 Å². The van der Waals surface area contributed by atoms with Crippen LogP contribution in [0.15, 0.2) is 48.5 Å². The highest BCUT2D eigenvalue weighted by molar-refractivity contribution is 5.97. The van der Waals surface area contributed by atoms with Crippen molar-refractivity contribution < 1.29 is 49.1 Å². The molecule has 0 bridgehead atoms. The first-order valence-corrected chi connectivity index (χ1v) is 13.3. The van der Waals surface area contributed by atoms with Crippen LogP contribution in [-0.4, -0.2) is 35.5 Å². The maximum absolute atomic E-state index is 14.0. The third-order valence-electron chi connectivity index (χ3n) is 7.67. The minimum Gasteiger partial charge on any atom is -0.337 e. The topological polar surface area (TPSA) is 49.4 Å². The molecule has 2 aromatic carbocycles. The van der Waals surface area contributed by atoms with Crippen LogP contribution in [0.25, 0.3) is 6.08 Å². The molecule has 228 valence electrons. The number of benzene rings is 2. The molecule has 2 aliphatic rings. The lowest BCUT2D eigenvalue weighted by atomic mass is 9.78. The van der Waals surface area contributed by atoms with Crippen LogP contribution in [0.3, 0.4) is 0 Å². The van der Waals surface area contributed by atoms with Crippen LogP contribution in [-0.2, 0) is 17.1 Å². The number of alkyl halides is 9. The number of halogens is 9. The third kappa shape index (κ3) is 7.27. The van der Waals surface area contributed by atoms with E-state index in [0.29, 0.717) is 37.6 Å². The Kier molecular flexibility index (Phi) is 8.98. The third-order valence-corrected chi connectivity index (χ3v) is 7.67. The summed E-state index contributed by atoms with van der Waals surface area (Å²) < 4.78 is 122. The van der Waals surface area contributed by atoms with E-state index in [1.807, 2.05) is 0 Å². The van der Waals surface area contributed by atoms with Gasteiger partial charge in [-0.25, -0.2) is 0 Å². The van der Waals surface area contributed by atoms with E-state index in [1.54, 1.807) is 5.32 Å². The average Bonchev–Trinajstić information content (AvgIpc) is 2.92. The van der Waals surface area contributed by atoms with Crippen molar-refractivity contribution in [1.82, 2.24) is 10.2 Å². The minimum absolute atomic E-state index is 0.136. The first kappa shape index (κ1) is 31.4. The van der Waals surface area contributed by atoms with Gasteiger partial charge in [0.05, 0.1) is 16.7 Å². The zero-order chi connectivity index (χ0) is 30.9. The first-order valence-electron chi connectivity index (χ1n) is 13.3. The Labute approximate surface area is 235 Å². The summed E-state index contributed by atoms with van der Waals surface area (Å²) in [6.45, 7) is 0.339. The summed E-state index contributed by atoms with van der Waals surface area (Å²) in [6, 6.07) is 2.17. The molecule has 4 rings (SSSR count). The molecule has 4 nitrogen and oxygen atoms in total. The van der Waals surface area contributed by atoms with Crippen LogP contribution in [0, 0.1) is 5.92 Å². The molecule has 1 heterocycles. The van der Waals surface area contributed by atoms with E-state index in [-0.39, 0.29) is 23.6 Å². The number of likely N-dealkylation sites (tertiary alicyclic amines) is 1. The van der Waals surface area contributed by atoms with Crippen LogP contribution in [0.5, 0.6) is 0 Å². The minimum atomic E-state index is -5.18. The zero-order valence-corrected chi connectivity index (χ0v) is 22.0. The smallest absolute Gasteiger partial charge is 0.337 e. The molecule has 1 aliphatic carbocycles. The fraction of sp³-hybridized carbons (Fsp3) is 0.448. The number of rotatable bonds is 5. The fourth-order valence-electron chi connectivity index (χ4n) is 5.73. The molecule has 1 saturated heterocycles. The molecule has 2 amide bonds. The van der Waals surface area contributed by atoms with Gasteiger partial charge < -0.3 is 10.2 Å². The molecule has 0 spiro atoms. The number of hydrogen-bond acceptors (Lipinski definition) is 2. The predicted octanol–water partition coefficient (Wildman–Crippen LogP) is 7.95. The number of carbonyl (C=O) groups excluding carboxylic acids is 2. The number of piperidine rings is 1. The fourth-order valence-corrected chi connectivity index (χ4v) is 5.73. The summed E-state index contributed by atoms with van der Waals surface area (Å²) in [4.78, 5) is 27.1. The van der Waals surface area contributed by atoms with E-state index < -0.39 is 58.6 Å². The number of fused-ring (bicyclic) bond motifs is 1. The second-order valence-electron chi connectivity index (χ2n) is 10.5. The lowest BCUT2D eigenvalue weighted by Gasteiger charge is -2.44. The van der Waals surface area contributed by atoms with Gasteiger partial charge in [-0.05, 0) is 73.1 Å². The van der Waals surface area contributed by atoms with Gasteiger partial charge in [-0.3, -0.25) is 9.59 Å². The Balaban J connectivity index is 1.56. The highest BCUT2D eigenvalue weighted by atomic mass is 19.4. The Morgan fingerprint density at radius 2 is 1.55 bits per heavy atom. The second kappa shape index (κ2) is 12.0. The van der Waals surface area contributed by atoms with Gasteiger partial charge in [0.2, 0.25) is 5.91 Å². The second-order valence-corrected chi connectivity index (χ2v) is 10.5. The van der Waals surface area contributed by atoms with Crippen LogP contribution in [0.2, 0.25) is 0 Å². The molecule has 1 saturated carbocycles. The number of hydrogen-bond donors (Lipinski definition) is 1. The molecule has 42 heavy (non-hydrogen) atoms. The van der Waals surface area contributed by atoms with Crippen molar-refractivity contribution in [2.45, 2.75) is 69.1 Å². The number of nitrogens with one attached hydrogen (secondary N) is 1. The van der Waals surface area contributed by atoms with E-state index in [4.69, 9.17) is 0 Å². The largest absolute Gasteiger partial charge is 0.417 e. The lowest BCUT2D eigenvalue weighted by Crippen LogP contribution is -2.50. The molecule has 3 unspecified atom stereocenters. The summed E-state index contributed by atoms with van der Waals surface area (Å²) in [5.74, 6) is -1.91. The van der Waals surface area contributed by atoms with Crippen LogP contribution < -0.4 is 5.32 Å². The van der Waals surface area contributed by atoms with Gasteiger partial charge in [0.1, 0.15) is 0 Å². The Morgan fingerprint density at radius 3 is 2.21 bits per heavy atom. The van der Waals surface area contributed by atoms with Gasteiger partial charge in [-0.15, -0.1) is 0 Å². The van der Waals surface area contributed by atoms with Gasteiger partial charge >= 0.3 is 18.5 Å². The maximum atomic E-state index is 14.0. The van der Waals surface area contributed by atoms with Gasteiger partial charge in [0.15, 0.2) is 6.04 Å². The van der Waals surface area contributed by atoms with Crippen LogP contribution >= 0.6 is 0 Å². The Hall–Kier alpha value is -3.51. The SMILES string of the molecule is O=C(/C=C/c1ccc(C(=O)N2CCCC3CCCCC32)c(C(F)(F)F)c1)NC(c1cccc(C(F)(F)F)c1)C(F)(F)F. The molecule has 0 radical (unpaired) electrons. The zero-order valence-electron chi connectivity index (χ0n) is 22.0. The van der Waals surface area contributed by atoms with E-state index in [1.165, 1.54) is 4.90 Å². The lowest BCUT2D eigenvalue weighted by molar-refractivity contribution is -0.162. The van der Waals surface area contributed by atoms with Crippen molar-refractivity contribution in [3.63, 3.8) is 0 Å². The van der Waals surface area contributed by atoms with Crippen molar-refractivity contribution in [2.75, 3.05) is 6.54 Å². The Morgan fingerprint density at radius 1 is 0.857 bits per heavy atom. The normalized spacial score (nSPS) is 20.7. The quantitative estimate of drug-likeness (QED) is 0.278. The van der Waals surface area contributed by atoms with E-state index in [9.17, 15) is 49.1 Å². The molecule has 2 fully saturated rings. The van der Waals surface area contributed by atoms with Gasteiger partial charge in [-0.1, -0.05) is 31.0 Å². The highest BCUT2D eigenvalue weighted by Crippen LogP contribution is 2.39. The van der Waals surface area contributed by atoms with E-state index in [2.05, 4.69) is 0 Å².